The summed E-state index contributed by atoms with van der Waals surface area (Å²) in [5.41, 5.74) is 6.84. The molecule has 0 fully saturated rings. The maximum absolute atomic E-state index is 11.8. The lowest BCUT2D eigenvalue weighted by atomic mass is 10.0. The molecule has 8 heteroatoms. The van der Waals surface area contributed by atoms with Gasteiger partial charge in [0.1, 0.15) is 11.6 Å². The molecule has 2 rings (SSSR count). The minimum atomic E-state index is -0.947. The van der Waals surface area contributed by atoms with Gasteiger partial charge in [-0.15, -0.1) is 0 Å². The summed E-state index contributed by atoms with van der Waals surface area (Å²) >= 11 is 1.06. The molecule has 1 amide bonds. The number of rotatable bonds is 6. The highest BCUT2D eigenvalue weighted by molar-refractivity contribution is 7.99. The highest BCUT2D eigenvalue weighted by atomic mass is 32.2. The molecular weight excluding hydrogens is 292 g/mol. The van der Waals surface area contributed by atoms with Gasteiger partial charge in [-0.1, -0.05) is 25.6 Å². The number of carbonyl (C=O) groups is 2. The van der Waals surface area contributed by atoms with Gasteiger partial charge in [-0.2, -0.15) is 0 Å². The minimum Gasteiger partial charge on any atom is -0.481 e. The fourth-order valence-corrected chi connectivity index (χ4v) is 2.95. The van der Waals surface area contributed by atoms with Crippen molar-refractivity contribution in [3.63, 3.8) is 0 Å². The van der Waals surface area contributed by atoms with E-state index < -0.39 is 17.9 Å². The highest BCUT2D eigenvalue weighted by Gasteiger charge is 2.27. The van der Waals surface area contributed by atoms with Gasteiger partial charge < -0.3 is 15.4 Å². The first kappa shape index (κ1) is 15.3. The van der Waals surface area contributed by atoms with Gasteiger partial charge in [0.25, 0.3) is 0 Å². The summed E-state index contributed by atoms with van der Waals surface area (Å²) in [6.45, 7) is 3.77. The number of imidazole rings is 1. The maximum Gasteiger partial charge on any atom is 0.313 e. The van der Waals surface area contributed by atoms with Crippen LogP contribution in [0.4, 0.5) is 0 Å². The van der Waals surface area contributed by atoms with Crippen molar-refractivity contribution in [3.8, 4) is 0 Å². The molecule has 0 aromatic carbocycles. The van der Waals surface area contributed by atoms with Crippen molar-refractivity contribution in [1.82, 2.24) is 14.5 Å². The van der Waals surface area contributed by atoms with Crippen LogP contribution in [0.1, 0.15) is 19.9 Å². The Morgan fingerprint density at radius 1 is 1.48 bits per heavy atom. The third kappa shape index (κ3) is 3.15. The quantitative estimate of drug-likeness (QED) is 0.778. The molecule has 0 bridgehead atoms. The number of nitrogens with two attached hydrogens (primary N) is 1. The number of pyridine rings is 1. The predicted octanol–water partition coefficient (Wildman–Crippen LogP) is 1.29. The van der Waals surface area contributed by atoms with Gasteiger partial charge in [0, 0.05) is 6.20 Å². The van der Waals surface area contributed by atoms with E-state index in [1.807, 2.05) is 13.8 Å². The molecule has 1 unspecified atom stereocenters. The smallest absolute Gasteiger partial charge is 0.313 e. The number of aliphatic carboxylic acids is 1. The van der Waals surface area contributed by atoms with Gasteiger partial charge in [-0.05, 0) is 12.0 Å². The number of hydrogen-bond acceptors (Lipinski definition) is 5. The monoisotopic (exact) mass is 308 g/mol. The second-order valence-electron chi connectivity index (χ2n) is 4.90. The van der Waals surface area contributed by atoms with Crippen LogP contribution in [-0.2, 0) is 9.59 Å². The molecule has 21 heavy (non-hydrogen) atoms. The number of nitrogens with zero attached hydrogens (tertiary/aromatic N) is 3. The summed E-state index contributed by atoms with van der Waals surface area (Å²) in [7, 11) is 0. The Hall–Kier alpha value is -2.09. The molecule has 0 radical (unpaired) electrons. The van der Waals surface area contributed by atoms with Crippen molar-refractivity contribution >= 4 is 34.7 Å². The van der Waals surface area contributed by atoms with Crippen molar-refractivity contribution in [1.29, 1.82) is 0 Å². The highest BCUT2D eigenvalue weighted by Crippen LogP contribution is 2.30. The van der Waals surface area contributed by atoms with Crippen LogP contribution in [0, 0.1) is 5.92 Å². The van der Waals surface area contributed by atoms with Gasteiger partial charge in [0.05, 0.1) is 17.5 Å². The number of fused-ring (bicyclic) bond motifs is 1. The van der Waals surface area contributed by atoms with Crippen LogP contribution in [0.15, 0.2) is 23.6 Å². The van der Waals surface area contributed by atoms with Crippen molar-refractivity contribution < 1.29 is 14.7 Å². The van der Waals surface area contributed by atoms with E-state index in [-0.39, 0.29) is 11.7 Å². The Morgan fingerprint density at radius 2 is 2.19 bits per heavy atom. The van der Waals surface area contributed by atoms with Gasteiger partial charge >= 0.3 is 5.97 Å². The van der Waals surface area contributed by atoms with Crippen LogP contribution in [0.2, 0.25) is 0 Å². The molecule has 0 spiro atoms. The van der Waals surface area contributed by atoms with Crippen LogP contribution in [0.25, 0.3) is 11.0 Å². The number of primary amides is 1. The Labute approximate surface area is 125 Å². The second-order valence-corrected chi connectivity index (χ2v) is 5.84. The van der Waals surface area contributed by atoms with Crippen molar-refractivity contribution in [2.75, 3.05) is 5.75 Å². The molecule has 3 N–H and O–H groups in total. The third-order valence-corrected chi connectivity index (χ3v) is 3.92. The molecule has 0 aliphatic rings. The lowest BCUT2D eigenvalue weighted by Gasteiger charge is -2.21. The molecule has 0 saturated carbocycles. The zero-order valence-electron chi connectivity index (χ0n) is 11.7. The normalized spacial score (nSPS) is 12.7. The average molecular weight is 308 g/mol. The maximum atomic E-state index is 11.8. The summed E-state index contributed by atoms with van der Waals surface area (Å²) in [5, 5.41) is 9.29. The van der Waals surface area contributed by atoms with Crippen molar-refractivity contribution in [2.24, 2.45) is 11.7 Å². The summed E-state index contributed by atoms with van der Waals surface area (Å²) in [6, 6.07) is 1.15. The number of carboxylic acids is 1. The summed E-state index contributed by atoms with van der Waals surface area (Å²) < 4.78 is 1.71. The first-order valence-corrected chi connectivity index (χ1v) is 7.36. The van der Waals surface area contributed by atoms with Gasteiger partial charge in [0.15, 0.2) is 5.16 Å². The number of carbonyl (C=O) groups excluding carboxylic acids is 1. The van der Waals surface area contributed by atoms with Crippen LogP contribution >= 0.6 is 11.8 Å². The molecule has 0 aliphatic heterocycles. The summed E-state index contributed by atoms with van der Waals surface area (Å²) in [6.07, 6.45) is 3.18. The molecule has 0 aliphatic carbocycles. The van der Waals surface area contributed by atoms with E-state index in [0.29, 0.717) is 10.7 Å². The largest absolute Gasteiger partial charge is 0.481 e. The third-order valence-electron chi connectivity index (χ3n) is 2.99. The lowest BCUT2D eigenvalue weighted by Crippen LogP contribution is -2.31. The molecule has 7 nitrogen and oxygen atoms in total. The SMILES string of the molecule is CC(C)C(C(N)=O)n1c(SCC(=O)O)nc2cnccc21. The first-order valence-electron chi connectivity index (χ1n) is 6.37. The number of aromatic nitrogens is 3. The first-order chi connectivity index (χ1) is 9.91. The van der Waals surface area contributed by atoms with Gasteiger partial charge in [-0.3, -0.25) is 14.6 Å². The Morgan fingerprint density at radius 3 is 2.76 bits per heavy atom. The van der Waals surface area contributed by atoms with E-state index in [4.69, 9.17) is 10.8 Å². The van der Waals surface area contributed by atoms with Gasteiger partial charge in [0.2, 0.25) is 5.91 Å². The van der Waals surface area contributed by atoms with E-state index in [1.54, 1.807) is 23.0 Å². The second kappa shape index (κ2) is 6.13. The topological polar surface area (TPSA) is 111 Å². The molecule has 1 atom stereocenters. The standard InChI is InChI=1S/C13H16N4O3S/c1-7(2)11(12(14)20)17-9-3-4-15-5-8(9)16-13(17)21-6-10(18)19/h3-5,7,11H,6H2,1-2H3,(H2,14,20)(H,18,19). The number of hydrogen-bond donors (Lipinski definition) is 2. The lowest BCUT2D eigenvalue weighted by molar-refractivity contribution is -0.133. The van der Waals surface area contributed by atoms with E-state index in [0.717, 1.165) is 17.3 Å². The van der Waals surface area contributed by atoms with E-state index in [2.05, 4.69) is 9.97 Å². The molecule has 2 aromatic rings. The molecule has 0 saturated heterocycles. The number of thioether (sulfide) groups is 1. The van der Waals surface area contributed by atoms with Crippen molar-refractivity contribution in [3.05, 3.63) is 18.5 Å². The van der Waals surface area contributed by atoms with E-state index >= 15 is 0 Å². The van der Waals surface area contributed by atoms with E-state index in [9.17, 15) is 9.59 Å². The number of amides is 1. The van der Waals surface area contributed by atoms with Crippen molar-refractivity contribution in [2.45, 2.75) is 25.0 Å². The zero-order chi connectivity index (χ0) is 15.6. The Bertz CT molecular complexity index is 683. The Balaban J connectivity index is 2.58. The van der Waals surface area contributed by atoms with Crippen LogP contribution in [-0.4, -0.2) is 37.3 Å². The molecule has 112 valence electrons. The Kier molecular flexibility index (Phi) is 4.46. The average Bonchev–Trinajstić information content (AvgIpc) is 2.75. The molecule has 2 heterocycles. The van der Waals surface area contributed by atoms with Crippen LogP contribution in [0.3, 0.4) is 0 Å². The van der Waals surface area contributed by atoms with Gasteiger partial charge in [-0.25, -0.2) is 4.98 Å². The fourth-order valence-electron chi connectivity index (χ4n) is 2.18. The van der Waals surface area contributed by atoms with E-state index in [1.165, 1.54) is 0 Å². The summed E-state index contributed by atoms with van der Waals surface area (Å²) in [4.78, 5) is 30.9. The van der Waals surface area contributed by atoms with Crippen LogP contribution < -0.4 is 5.73 Å². The molecule has 2 aromatic heterocycles. The van der Waals surface area contributed by atoms with Crippen LogP contribution in [0.5, 0.6) is 0 Å². The predicted molar refractivity (Wildman–Crippen MR) is 79.0 cm³/mol. The molecular formula is C13H16N4O3S. The minimum absolute atomic E-state index is 0.0442. The fraction of sp³-hybridized carbons (Fsp3) is 0.385. The zero-order valence-corrected chi connectivity index (χ0v) is 12.5. The summed E-state index contributed by atoms with van der Waals surface area (Å²) in [5.74, 6) is -1.60. The number of carboxylic acid groups (broad SMARTS) is 1.